The molecule has 1 unspecified atom stereocenters. The van der Waals surface area contributed by atoms with Crippen LogP contribution in [-0.2, 0) is 21.4 Å². The van der Waals surface area contributed by atoms with Crippen LogP contribution < -0.4 is 14.4 Å². The summed E-state index contributed by atoms with van der Waals surface area (Å²) in [5, 5.41) is 5.52. The van der Waals surface area contributed by atoms with Gasteiger partial charge < -0.3 is 10.1 Å². The molecular formula is C26H21ClN2O4S. The van der Waals surface area contributed by atoms with Crippen molar-refractivity contribution in [3.05, 3.63) is 102 Å². The van der Waals surface area contributed by atoms with Crippen LogP contribution in [0.5, 0.6) is 5.75 Å². The van der Waals surface area contributed by atoms with Gasteiger partial charge >= 0.3 is 0 Å². The number of benzene rings is 4. The molecule has 0 bridgehead atoms. The van der Waals surface area contributed by atoms with Crippen molar-refractivity contribution in [2.24, 2.45) is 0 Å². The van der Waals surface area contributed by atoms with E-state index in [0.717, 1.165) is 16.3 Å². The Morgan fingerprint density at radius 2 is 1.65 bits per heavy atom. The van der Waals surface area contributed by atoms with Gasteiger partial charge in [-0.2, -0.15) is 0 Å². The van der Waals surface area contributed by atoms with E-state index in [2.05, 4.69) is 5.32 Å². The van der Waals surface area contributed by atoms with Crippen LogP contribution in [0.4, 0.5) is 5.69 Å². The third-order valence-corrected chi connectivity index (χ3v) is 7.76. The average molecular weight is 493 g/mol. The number of anilines is 1. The number of para-hydroxylation sites is 2. The number of rotatable bonds is 5. The second-order valence-electron chi connectivity index (χ2n) is 7.96. The van der Waals surface area contributed by atoms with Gasteiger partial charge in [0.15, 0.2) is 6.10 Å². The average Bonchev–Trinajstić information content (AvgIpc) is 2.86. The summed E-state index contributed by atoms with van der Waals surface area (Å²) in [7, 11) is -3.94. The van der Waals surface area contributed by atoms with Crippen LogP contribution in [0.3, 0.4) is 0 Å². The van der Waals surface area contributed by atoms with Crippen LogP contribution in [0.15, 0.2) is 95.9 Å². The highest BCUT2D eigenvalue weighted by atomic mass is 35.5. The van der Waals surface area contributed by atoms with Crippen LogP contribution in [-0.4, -0.2) is 27.0 Å². The third-order valence-electron chi connectivity index (χ3n) is 5.71. The van der Waals surface area contributed by atoms with E-state index in [1.54, 1.807) is 24.3 Å². The smallest absolute Gasteiger partial charge is 0.264 e. The van der Waals surface area contributed by atoms with Gasteiger partial charge in [-0.25, -0.2) is 8.42 Å². The standard InChI is InChI=1S/C26H21ClN2O4S/c27-21-11-13-22(14-12-21)34(31,32)29-17-25(33-24-8-4-3-7-23(24)29)26(30)28-16-18-9-10-19-5-1-2-6-20(19)15-18/h1-15,25H,16-17H2,(H,28,30). The van der Waals surface area contributed by atoms with Crippen molar-refractivity contribution in [2.75, 3.05) is 10.8 Å². The molecule has 4 aromatic carbocycles. The number of carbonyl (C=O) groups excluding carboxylic acids is 1. The molecule has 0 saturated carbocycles. The van der Waals surface area contributed by atoms with E-state index in [-0.39, 0.29) is 17.3 Å². The second kappa shape index (κ2) is 9.00. The zero-order chi connectivity index (χ0) is 23.7. The van der Waals surface area contributed by atoms with Crippen molar-refractivity contribution in [3.8, 4) is 5.75 Å². The van der Waals surface area contributed by atoms with Gasteiger partial charge in [-0.05, 0) is 58.8 Å². The summed E-state index contributed by atoms with van der Waals surface area (Å²) in [4.78, 5) is 13.1. The molecule has 1 atom stereocenters. The Morgan fingerprint density at radius 3 is 2.44 bits per heavy atom. The first-order chi connectivity index (χ1) is 16.4. The van der Waals surface area contributed by atoms with E-state index in [9.17, 15) is 13.2 Å². The highest BCUT2D eigenvalue weighted by Gasteiger charge is 2.37. The van der Waals surface area contributed by atoms with Crippen molar-refractivity contribution in [2.45, 2.75) is 17.5 Å². The minimum atomic E-state index is -3.94. The molecule has 5 rings (SSSR count). The van der Waals surface area contributed by atoms with E-state index in [1.165, 1.54) is 28.6 Å². The molecule has 0 spiro atoms. The number of nitrogens with one attached hydrogen (secondary N) is 1. The lowest BCUT2D eigenvalue weighted by atomic mass is 10.1. The molecule has 1 heterocycles. The lowest BCUT2D eigenvalue weighted by Crippen LogP contribution is -2.50. The zero-order valence-electron chi connectivity index (χ0n) is 18.0. The first kappa shape index (κ1) is 22.3. The van der Waals surface area contributed by atoms with Crippen molar-refractivity contribution >= 4 is 44.0 Å². The normalized spacial score (nSPS) is 15.4. The minimum Gasteiger partial charge on any atom is -0.476 e. The van der Waals surface area contributed by atoms with E-state index >= 15 is 0 Å². The SMILES string of the molecule is O=C(NCc1ccc2ccccc2c1)C1CN(S(=O)(=O)c2ccc(Cl)cc2)c2ccccc2O1. The molecule has 34 heavy (non-hydrogen) atoms. The summed E-state index contributed by atoms with van der Waals surface area (Å²) in [6.07, 6.45) is -1.00. The molecule has 0 aliphatic carbocycles. The van der Waals surface area contributed by atoms with Gasteiger partial charge in [-0.3, -0.25) is 9.10 Å². The highest BCUT2D eigenvalue weighted by molar-refractivity contribution is 7.92. The van der Waals surface area contributed by atoms with Crippen LogP contribution in [0.1, 0.15) is 5.56 Å². The fraction of sp³-hybridized carbons (Fsp3) is 0.115. The number of fused-ring (bicyclic) bond motifs is 2. The Hall–Kier alpha value is -3.55. The quantitative estimate of drug-likeness (QED) is 0.435. The fourth-order valence-corrected chi connectivity index (χ4v) is 5.55. The van der Waals surface area contributed by atoms with E-state index in [4.69, 9.17) is 16.3 Å². The first-order valence-electron chi connectivity index (χ1n) is 10.7. The van der Waals surface area contributed by atoms with E-state index in [0.29, 0.717) is 23.0 Å². The molecule has 0 saturated heterocycles. The van der Waals surface area contributed by atoms with E-state index < -0.39 is 16.1 Å². The highest BCUT2D eigenvalue weighted by Crippen LogP contribution is 2.37. The second-order valence-corrected chi connectivity index (χ2v) is 10.3. The minimum absolute atomic E-state index is 0.0870. The first-order valence-corrected chi connectivity index (χ1v) is 12.5. The Morgan fingerprint density at radius 1 is 0.941 bits per heavy atom. The predicted molar refractivity (Wildman–Crippen MR) is 133 cm³/mol. The van der Waals surface area contributed by atoms with Gasteiger partial charge in [0.1, 0.15) is 5.75 Å². The largest absolute Gasteiger partial charge is 0.476 e. The number of sulfonamides is 1. The van der Waals surface area contributed by atoms with Gasteiger partial charge in [0.25, 0.3) is 15.9 Å². The number of hydrogen-bond acceptors (Lipinski definition) is 4. The van der Waals surface area contributed by atoms with Crippen molar-refractivity contribution in [1.29, 1.82) is 0 Å². The number of hydrogen-bond donors (Lipinski definition) is 1. The summed E-state index contributed by atoms with van der Waals surface area (Å²) < 4.78 is 34.0. The Balaban J connectivity index is 1.38. The molecule has 0 fully saturated rings. The van der Waals surface area contributed by atoms with Crippen molar-refractivity contribution in [1.82, 2.24) is 5.32 Å². The predicted octanol–water partition coefficient (Wildman–Crippen LogP) is 4.77. The number of halogens is 1. The Bertz CT molecular complexity index is 1470. The molecule has 172 valence electrons. The summed E-state index contributed by atoms with van der Waals surface area (Å²) >= 11 is 5.93. The molecule has 1 amide bonds. The summed E-state index contributed by atoms with van der Waals surface area (Å²) in [5.74, 6) is -0.0592. The Kier molecular flexibility index (Phi) is 5.89. The summed E-state index contributed by atoms with van der Waals surface area (Å²) in [6.45, 7) is 0.153. The number of amides is 1. The molecule has 1 aliphatic rings. The lowest BCUT2D eigenvalue weighted by Gasteiger charge is -2.34. The molecule has 1 N–H and O–H groups in total. The molecule has 0 radical (unpaired) electrons. The van der Waals surface area contributed by atoms with E-state index in [1.807, 2.05) is 42.5 Å². The molecule has 1 aliphatic heterocycles. The van der Waals surface area contributed by atoms with Crippen LogP contribution in [0.2, 0.25) is 5.02 Å². The molecule has 0 aromatic heterocycles. The molecular weight excluding hydrogens is 472 g/mol. The number of ether oxygens (including phenoxy) is 1. The topological polar surface area (TPSA) is 75.7 Å². The number of nitrogens with zero attached hydrogens (tertiary/aromatic N) is 1. The van der Waals surface area contributed by atoms with Crippen LogP contribution in [0.25, 0.3) is 10.8 Å². The van der Waals surface area contributed by atoms with Gasteiger partial charge in [0.2, 0.25) is 0 Å². The van der Waals surface area contributed by atoms with Crippen LogP contribution in [0, 0.1) is 0 Å². The molecule has 8 heteroatoms. The fourth-order valence-electron chi connectivity index (χ4n) is 3.95. The van der Waals surface area contributed by atoms with Gasteiger partial charge in [-0.1, -0.05) is 60.1 Å². The maximum absolute atomic E-state index is 13.4. The van der Waals surface area contributed by atoms with Crippen LogP contribution >= 0.6 is 11.6 Å². The molecule has 6 nitrogen and oxygen atoms in total. The van der Waals surface area contributed by atoms with Crippen molar-refractivity contribution in [3.63, 3.8) is 0 Å². The Labute approximate surface area is 202 Å². The summed E-state index contributed by atoms with van der Waals surface area (Å²) in [6, 6.07) is 26.7. The lowest BCUT2D eigenvalue weighted by molar-refractivity contribution is -0.127. The maximum atomic E-state index is 13.4. The van der Waals surface area contributed by atoms with Gasteiger partial charge in [0, 0.05) is 11.6 Å². The molecule has 4 aromatic rings. The van der Waals surface area contributed by atoms with Crippen molar-refractivity contribution < 1.29 is 17.9 Å². The van der Waals surface area contributed by atoms with Gasteiger partial charge in [0.05, 0.1) is 17.1 Å². The monoisotopic (exact) mass is 492 g/mol. The zero-order valence-corrected chi connectivity index (χ0v) is 19.6. The van der Waals surface area contributed by atoms with Gasteiger partial charge in [-0.15, -0.1) is 0 Å². The maximum Gasteiger partial charge on any atom is 0.264 e. The summed E-state index contributed by atoms with van der Waals surface area (Å²) in [5.41, 5.74) is 1.32. The number of carbonyl (C=O) groups is 1. The third kappa shape index (κ3) is 4.32.